The van der Waals surface area contributed by atoms with Gasteiger partial charge in [-0.05, 0) is 30.3 Å². The highest BCUT2D eigenvalue weighted by atomic mass is 16.5. The van der Waals surface area contributed by atoms with Crippen LogP contribution in [0.4, 0.5) is 11.5 Å². The summed E-state index contributed by atoms with van der Waals surface area (Å²) in [5.41, 5.74) is 4.72. The van der Waals surface area contributed by atoms with Crippen LogP contribution in [0.2, 0.25) is 0 Å². The molecule has 7 nitrogen and oxygen atoms in total. The molecule has 2 N–H and O–H groups in total. The van der Waals surface area contributed by atoms with Crippen molar-refractivity contribution in [1.82, 2.24) is 19.7 Å². The Kier molecular flexibility index (Phi) is 5.81. The zero-order chi connectivity index (χ0) is 20.9. The number of hydrogen-bond acceptors (Lipinski definition) is 6. The number of anilines is 2. The molecule has 4 rings (SSSR count). The van der Waals surface area contributed by atoms with Crippen LogP contribution >= 0.6 is 0 Å². The maximum atomic E-state index is 5.41. The summed E-state index contributed by atoms with van der Waals surface area (Å²) in [7, 11) is 3.24. The van der Waals surface area contributed by atoms with E-state index in [1.807, 2.05) is 35.0 Å². The van der Waals surface area contributed by atoms with Gasteiger partial charge in [-0.25, -0.2) is 9.97 Å². The minimum Gasteiger partial charge on any atom is -0.493 e. The summed E-state index contributed by atoms with van der Waals surface area (Å²) in [6.07, 6.45) is 5.68. The monoisotopic (exact) mass is 403 g/mol. The van der Waals surface area contributed by atoms with Gasteiger partial charge in [-0.3, -0.25) is 0 Å². The quantitative estimate of drug-likeness (QED) is 0.458. The Morgan fingerprint density at radius 2 is 1.90 bits per heavy atom. The van der Waals surface area contributed by atoms with Crippen LogP contribution in [0.15, 0.2) is 61.1 Å². The highest BCUT2D eigenvalue weighted by Crippen LogP contribution is 2.32. The molecule has 2 heterocycles. The van der Waals surface area contributed by atoms with Gasteiger partial charge in [-0.15, -0.1) is 0 Å². The van der Waals surface area contributed by atoms with Crippen LogP contribution in [-0.2, 0) is 6.54 Å². The Morgan fingerprint density at radius 1 is 1.03 bits per heavy atom. The van der Waals surface area contributed by atoms with E-state index in [2.05, 4.69) is 46.8 Å². The van der Waals surface area contributed by atoms with Crippen LogP contribution in [0.3, 0.4) is 0 Å². The molecule has 0 saturated heterocycles. The second kappa shape index (κ2) is 8.84. The zero-order valence-corrected chi connectivity index (χ0v) is 17.3. The van der Waals surface area contributed by atoms with E-state index >= 15 is 0 Å². The molecule has 0 bridgehead atoms. The Balaban J connectivity index is 1.72. The summed E-state index contributed by atoms with van der Waals surface area (Å²) in [5, 5.41) is 6.74. The lowest BCUT2D eigenvalue weighted by atomic mass is 10.1. The summed E-state index contributed by atoms with van der Waals surface area (Å²) in [6.45, 7) is 3.86. The molecule has 2 aromatic carbocycles. The molecule has 0 aliphatic carbocycles. The lowest BCUT2D eigenvalue weighted by Crippen LogP contribution is -2.11. The summed E-state index contributed by atoms with van der Waals surface area (Å²) in [4.78, 5) is 9.33. The predicted molar refractivity (Wildman–Crippen MR) is 119 cm³/mol. The molecule has 0 spiro atoms. The Morgan fingerprint density at radius 3 is 2.70 bits per heavy atom. The molecule has 2 aromatic heterocycles. The van der Waals surface area contributed by atoms with Crippen molar-refractivity contribution < 1.29 is 9.47 Å². The van der Waals surface area contributed by atoms with Crippen molar-refractivity contribution in [2.45, 2.75) is 13.5 Å². The first-order chi connectivity index (χ1) is 14.7. The number of imidazole rings is 1. The standard InChI is InChI=1S/C23H25N5O2/c1-4-24-14-16-6-5-7-17(12-16)19-15-28-11-10-25-23(28)22(27-19)26-18-8-9-20(29-2)21(13-18)30-3/h5-13,15,24H,4,14H2,1-3H3,(H,26,27). The van der Waals surface area contributed by atoms with E-state index in [-0.39, 0.29) is 0 Å². The molecule has 154 valence electrons. The molecule has 0 aliphatic heterocycles. The number of rotatable bonds is 8. The van der Waals surface area contributed by atoms with Crippen LogP contribution in [0.5, 0.6) is 11.5 Å². The number of methoxy groups -OCH3 is 2. The lowest BCUT2D eigenvalue weighted by molar-refractivity contribution is 0.355. The number of fused-ring (bicyclic) bond motifs is 1. The first kappa shape index (κ1) is 19.7. The molecule has 4 aromatic rings. The van der Waals surface area contributed by atoms with Crippen LogP contribution < -0.4 is 20.1 Å². The van der Waals surface area contributed by atoms with Crippen molar-refractivity contribution in [3.63, 3.8) is 0 Å². The fourth-order valence-corrected chi connectivity index (χ4v) is 3.32. The normalized spacial score (nSPS) is 10.9. The van der Waals surface area contributed by atoms with Crippen molar-refractivity contribution >= 4 is 17.2 Å². The molecule has 0 amide bonds. The van der Waals surface area contributed by atoms with Gasteiger partial charge in [0, 0.05) is 42.5 Å². The topological polar surface area (TPSA) is 72.7 Å². The molecule has 0 unspecified atom stereocenters. The van der Waals surface area contributed by atoms with Gasteiger partial charge < -0.3 is 24.5 Å². The fourth-order valence-electron chi connectivity index (χ4n) is 3.32. The van der Waals surface area contributed by atoms with E-state index in [1.54, 1.807) is 20.4 Å². The fraction of sp³-hybridized carbons (Fsp3) is 0.217. The molecule has 0 aliphatic rings. The van der Waals surface area contributed by atoms with Gasteiger partial charge in [0.25, 0.3) is 0 Å². The van der Waals surface area contributed by atoms with Gasteiger partial charge >= 0.3 is 0 Å². The summed E-state index contributed by atoms with van der Waals surface area (Å²) in [6, 6.07) is 14.1. The van der Waals surface area contributed by atoms with Gasteiger partial charge in [-0.2, -0.15) is 0 Å². The molecule has 7 heteroatoms. The summed E-state index contributed by atoms with van der Waals surface area (Å²) < 4.78 is 12.7. The predicted octanol–water partition coefficient (Wildman–Crippen LogP) is 4.27. The maximum Gasteiger partial charge on any atom is 0.180 e. The first-order valence-corrected chi connectivity index (χ1v) is 9.84. The van der Waals surface area contributed by atoms with E-state index < -0.39 is 0 Å². The van der Waals surface area contributed by atoms with Gasteiger partial charge in [0.15, 0.2) is 23.0 Å². The number of benzene rings is 2. The highest BCUT2D eigenvalue weighted by molar-refractivity contribution is 5.74. The van der Waals surface area contributed by atoms with Gasteiger partial charge in [0.05, 0.1) is 19.9 Å². The van der Waals surface area contributed by atoms with Crippen molar-refractivity contribution in [3.8, 4) is 22.8 Å². The van der Waals surface area contributed by atoms with Crippen LogP contribution in [0.25, 0.3) is 16.9 Å². The van der Waals surface area contributed by atoms with Crippen molar-refractivity contribution in [2.75, 3.05) is 26.1 Å². The van der Waals surface area contributed by atoms with Crippen LogP contribution in [-0.4, -0.2) is 35.1 Å². The van der Waals surface area contributed by atoms with Crippen LogP contribution in [0.1, 0.15) is 12.5 Å². The number of nitrogens with one attached hydrogen (secondary N) is 2. The molecular weight excluding hydrogens is 378 g/mol. The minimum absolute atomic E-state index is 0.647. The van der Waals surface area contributed by atoms with Crippen LogP contribution in [0, 0.1) is 0 Å². The van der Waals surface area contributed by atoms with Crippen molar-refractivity contribution in [1.29, 1.82) is 0 Å². The molecular formula is C23H25N5O2. The zero-order valence-electron chi connectivity index (χ0n) is 17.3. The second-order valence-electron chi connectivity index (χ2n) is 6.81. The highest BCUT2D eigenvalue weighted by Gasteiger charge is 2.12. The maximum absolute atomic E-state index is 5.41. The van der Waals surface area contributed by atoms with E-state index in [4.69, 9.17) is 14.5 Å². The Bertz CT molecular complexity index is 1160. The second-order valence-corrected chi connectivity index (χ2v) is 6.81. The molecule has 0 saturated carbocycles. The van der Waals surface area contributed by atoms with Crippen molar-refractivity contribution in [2.24, 2.45) is 0 Å². The van der Waals surface area contributed by atoms with E-state index in [0.717, 1.165) is 35.7 Å². The minimum atomic E-state index is 0.647. The Labute approximate surface area is 175 Å². The third kappa shape index (κ3) is 4.06. The largest absolute Gasteiger partial charge is 0.493 e. The smallest absolute Gasteiger partial charge is 0.180 e. The number of ether oxygens (including phenoxy) is 2. The average Bonchev–Trinajstić information content (AvgIpc) is 3.27. The van der Waals surface area contributed by atoms with E-state index in [9.17, 15) is 0 Å². The van der Waals surface area contributed by atoms with Crippen molar-refractivity contribution in [3.05, 3.63) is 66.6 Å². The summed E-state index contributed by atoms with van der Waals surface area (Å²) in [5.74, 6) is 1.99. The first-order valence-electron chi connectivity index (χ1n) is 9.84. The SMILES string of the molecule is CCNCc1cccc(-c2cn3ccnc3c(Nc3ccc(OC)c(OC)c3)n2)c1. The molecule has 0 fully saturated rings. The third-order valence-electron chi connectivity index (χ3n) is 4.82. The van der Waals surface area contributed by atoms with Gasteiger partial charge in [0.2, 0.25) is 0 Å². The third-order valence-corrected chi connectivity index (χ3v) is 4.82. The summed E-state index contributed by atoms with van der Waals surface area (Å²) >= 11 is 0. The van der Waals surface area contributed by atoms with E-state index in [1.165, 1.54) is 5.56 Å². The van der Waals surface area contributed by atoms with Gasteiger partial charge in [0.1, 0.15) is 0 Å². The number of nitrogens with zero attached hydrogens (tertiary/aromatic N) is 3. The average molecular weight is 403 g/mol. The van der Waals surface area contributed by atoms with Gasteiger partial charge in [-0.1, -0.05) is 25.1 Å². The lowest BCUT2D eigenvalue weighted by Gasteiger charge is -2.13. The molecule has 30 heavy (non-hydrogen) atoms. The molecule has 0 atom stereocenters. The molecule has 0 radical (unpaired) electrons. The van der Waals surface area contributed by atoms with E-state index in [0.29, 0.717) is 17.3 Å². The number of aromatic nitrogens is 3. The number of hydrogen-bond donors (Lipinski definition) is 2. The Hall–Kier alpha value is -3.58.